The lowest BCUT2D eigenvalue weighted by molar-refractivity contribution is -0.233. The van der Waals surface area contributed by atoms with Crippen molar-refractivity contribution in [2.45, 2.75) is 51.6 Å². The summed E-state index contributed by atoms with van der Waals surface area (Å²) in [5, 5.41) is 3.35. The predicted molar refractivity (Wildman–Crippen MR) is 160 cm³/mol. The molecule has 1 aliphatic heterocycles. The Morgan fingerprint density at radius 3 is 2.45 bits per heavy atom. The van der Waals surface area contributed by atoms with Gasteiger partial charge in [-0.05, 0) is 81.3 Å². The first kappa shape index (κ1) is 29.2. The van der Waals surface area contributed by atoms with Gasteiger partial charge in [-0.3, -0.25) is 4.79 Å². The number of carbonyl (C=O) groups is 1. The first-order chi connectivity index (χ1) is 20.1. The third-order valence-corrected chi connectivity index (χ3v) is 7.61. The number of benzene rings is 3. The van der Waals surface area contributed by atoms with E-state index in [1.807, 2.05) is 51.1 Å². The van der Waals surface area contributed by atoms with E-state index in [1.54, 1.807) is 51.7 Å². The molecule has 4 aromatic rings. The Kier molecular flexibility index (Phi) is 8.24. The van der Waals surface area contributed by atoms with Crippen molar-refractivity contribution in [3.8, 4) is 28.4 Å². The molecule has 9 nitrogen and oxygen atoms in total. The molecule has 0 bridgehead atoms. The average Bonchev–Trinajstić information content (AvgIpc) is 2.98. The number of fused-ring (bicyclic) bond motifs is 1. The second-order valence-electron chi connectivity index (χ2n) is 10.7. The van der Waals surface area contributed by atoms with E-state index >= 15 is 0 Å². The Balaban J connectivity index is 1.38. The second-order valence-corrected chi connectivity index (χ2v) is 10.7. The third kappa shape index (κ3) is 5.84. The van der Waals surface area contributed by atoms with E-state index in [4.69, 9.17) is 28.1 Å². The van der Waals surface area contributed by atoms with Gasteiger partial charge in [0.2, 0.25) is 6.29 Å². The number of methoxy groups -OCH3 is 3. The maximum absolute atomic E-state index is 13.2. The lowest BCUT2D eigenvalue weighted by Gasteiger charge is -2.41. The van der Waals surface area contributed by atoms with E-state index in [9.17, 15) is 9.59 Å². The molecule has 1 amide bonds. The van der Waals surface area contributed by atoms with Crippen LogP contribution in [0.5, 0.6) is 17.2 Å². The molecule has 9 heteroatoms. The van der Waals surface area contributed by atoms with Crippen LogP contribution in [0.2, 0.25) is 0 Å². The van der Waals surface area contributed by atoms with Crippen LogP contribution < -0.4 is 25.2 Å². The Bertz CT molecular complexity index is 1670. The van der Waals surface area contributed by atoms with E-state index in [0.29, 0.717) is 51.3 Å². The van der Waals surface area contributed by atoms with Gasteiger partial charge < -0.3 is 33.4 Å². The first-order valence-corrected chi connectivity index (χ1v) is 13.7. The maximum Gasteiger partial charge on any atom is 0.360 e. The van der Waals surface area contributed by atoms with Crippen molar-refractivity contribution in [2.75, 3.05) is 26.6 Å². The quantitative estimate of drug-likeness (QED) is 0.243. The van der Waals surface area contributed by atoms with E-state index in [1.165, 1.54) is 0 Å². The molecule has 1 N–H and O–H groups in total. The molecule has 1 saturated heterocycles. The number of carbonyl (C=O) groups excluding carboxylic acids is 1. The van der Waals surface area contributed by atoms with Crippen molar-refractivity contribution in [2.24, 2.45) is 0 Å². The SMILES string of the molecule is COc1cccc(-c2cc(C(=O)Nc3cc4ccc(O[C@H]5CCC(OC)C(C)(C)O5)c(C)c4oc3=O)ccc2OC)c1. The van der Waals surface area contributed by atoms with Crippen LogP contribution in [0.4, 0.5) is 5.69 Å². The van der Waals surface area contributed by atoms with Gasteiger partial charge in [-0.1, -0.05) is 12.1 Å². The smallest absolute Gasteiger partial charge is 0.360 e. The van der Waals surface area contributed by atoms with E-state index in [2.05, 4.69) is 5.32 Å². The second kappa shape index (κ2) is 11.9. The highest BCUT2D eigenvalue weighted by Crippen LogP contribution is 2.35. The van der Waals surface area contributed by atoms with Gasteiger partial charge in [0.25, 0.3) is 5.91 Å². The largest absolute Gasteiger partial charge is 0.497 e. The summed E-state index contributed by atoms with van der Waals surface area (Å²) >= 11 is 0. The highest BCUT2D eigenvalue weighted by atomic mass is 16.7. The fraction of sp³-hybridized carbons (Fsp3) is 0.333. The first-order valence-electron chi connectivity index (χ1n) is 13.7. The van der Waals surface area contributed by atoms with E-state index < -0.39 is 23.4 Å². The lowest BCUT2D eigenvalue weighted by atomic mass is 9.94. The van der Waals surface area contributed by atoms with Crippen molar-refractivity contribution in [1.82, 2.24) is 0 Å². The molecule has 3 aromatic carbocycles. The predicted octanol–water partition coefficient (Wildman–Crippen LogP) is 6.35. The van der Waals surface area contributed by atoms with Gasteiger partial charge in [-0.25, -0.2) is 4.79 Å². The summed E-state index contributed by atoms with van der Waals surface area (Å²) in [6.45, 7) is 5.77. The van der Waals surface area contributed by atoms with Crippen molar-refractivity contribution in [3.63, 3.8) is 0 Å². The molecule has 1 aromatic heterocycles. The summed E-state index contributed by atoms with van der Waals surface area (Å²) < 4.78 is 34.4. The molecule has 42 heavy (non-hydrogen) atoms. The number of anilines is 1. The van der Waals surface area contributed by atoms with Gasteiger partial charge in [0.15, 0.2) is 0 Å². The molecule has 2 atom stereocenters. The number of aryl methyl sites for hydroxylation is 1. The molecule has 0 aliphatic carbocycles. The van der Waals surface area contributed by atoms with E-state index in [0.717, 1.165) is 12.0 Å². The lowest BCUT2D eigenvalue weighted by Crippen LogP contribution is -2.49. The molecule has 0 saturated carbocycles. The van der Waals surface area contributed by atoms with Gasteiger partial charge in [0.05, 0.1) is 25.9 Å². The standard InChI is InChI=1S/C33H35NO8/c1-19-26(40-29-15-14-28(39-6)33(2,3)42-29)12-10-21-18-25(32(36)41-30(19)21)34-31(35)22-11-13-27(38-5)24(17-22)20-8-7-9-23(16-20)37-4/h7-13,16-18,28-29H,14-15H2,1-6H3,(H,34,35)/t28?,29-/m1/s1. The molecule has 1 fully saturated rings. The minimum absolute atomic E-state index is 0.0203. The number of hydrogen-bond acceptors (Lipinski definition) is 8. The molecule has 0 spiro atoms. The number of amides is 1. The molecule has 1 unspecified atom stereocenters. The molecular formula is C33H35NO8. The molecule has 2 heterocycles. The van der Waals surface area contributed by atoms with E-state index in [-0.39, 0.29) is 11.8 Å². The molecule has 0 radical (unpaired) electrons. The van der Waals surface area contributed by atoms with Gasteiger partial charge in [0, 0.05) is 35.6 Å². The zero-order chi connectivity index (χ0) is 30.0. The fourth-order valence-corrected chi connectivity index (χ4v) is 5.32. The van der Waals surface area contributed by atoms with Crippen molar-refractivity contribution in [1.29, 1.82) is 0 Å². The summed E-state index contributed by atoms with van der Waals surface area (Å²) in [7, 11) is 4.84. The molecule has 5 rings (SSSR count). The molecule has 1 aliphatic rings. The highest BCUT2D eigenvalue weighted by Gasteiger charge is 2.39. The normalized spacial score (nSPS) is 18.0. The van der Waals surface area contributed by atoms with Crippen LogP contribution in [-0.2, 0) is 9.47 Å². The summed E-state index contributed by atoms with van der Waals surface area (Å²) in [4.78, 5) is 26.2. The topological polar surface area (TPSA) is 105 Å². The van der Waals surface area contributed by atoms with Crippen LogP contribution in [-0.4, -0.2) is 45.2 Å². The molecular weight excluding hydrogens is 538 g/mol. The summed E-state index contributed by atoms with van der Waals surface area (Å²) in [5.74, 6) is 1.37. The Morgan fingerprint density at radius 2 is 1.74 bits per heavy atom. The summed E-state index contributed by atoms with van der Waals surface area (Å²) in [5.41, 5.74) is 1.78. The minimum atomic E-state index is -0.671. The Labute approximate surface area is 244 Å². The number of rotatable bonds is 8. The fourth-order valence-electron chi connectivity index (χ4n) is 5.32. The number of ether oxygens (including phenoxy) is 5. The zero-order valence-electron chi connectivity index (χ0n) is 24.6. The monoisotopic (exact) mass is 573 g/mol. The average molecular weight is 574 g/mol. The van der Waals surface area contributed by atoms with Gasteiger partial charge in [0.1, 0.15) is 28.5 Å². The Morgan fingerprint density at radius 1 is 0.952 bits per heavy atom. The maximum atomic E-state index is 13.2. The van der Waals surface area contributed by atoms with Crippen molar-refractivity contribution >= 4 is 22.6 Å². The van der Waals surface area contributed by atoms with Crippen LogP contribution in [0.3, 0.4) is 0 Å². The summed E-state index contributed by atoms with van der Waals surface area (Å²) in [6.07, 6.45) is 0.986. The van der Waals surface area contributed by atoms with Gasteiger partial charge >= 0.3 is 5.63 Å². The third-order valence-electron chi connectivity index (χ3n) is 7.61. The van der Waals surface area contributed by atoms with Gasteiger partial charge in [-0.15, -0.1) is 0 Å². The Hall–Kier alpha value is -4.34. The van der Waals surface area contributed by atoms with Crippen LogP contribution in [0.15, 0.2) is 69.9 Å². The minimum Gasteiger partial charge on any atom is -0.497 e. The zero-order valence-corrected chi connectivity index (χ0v) is 24.6. The summed E-state index contributed by atoms with van der Waals surface area (Å²) in [6, 6.07) is 17.7. The highest BCUT2D eigenvalue weighted by molar-refractivity contribution is 6.05. The molecule has 220 valence electrons. The van der Waals surface area contributed by atoms with Crippen LogP contribution in [0.25, 0.3) is 22.1 Å². The van der Waals surface area contributed by atoms with Crippen molar-refractivity contribution < 1.29 is 32.9 Å². The van der Waals surface area contributed by atoms with Crippen LogP contribution in [0, 0.1) is 6.92 Å². The van der Waals surface area contributed by atoms with Crippen LogP contribution >= 0.6 is 0 Å². The number of hydrogen-bond donors (Lipinski definition) is 1. The van der Waals surface area contributed by atoms with Crippen molar-refractivity contribution in [3.05, 3.63) is 82.2 Å². The van der Waals surface area contributed by atoms with Crippen LogP contribution in [0.1, 0.15) is 42.6 Å². The van der Waals surface area contributed by atoms with Gasteiger partial charge in [-0.2, -0.15) is 0 Å². The number of nitrogens with one attached hydrogen (secondary N) is 1.